The number of rotatable bonds is 4. The average molecular weight is 274 g/mol. The first-order chi connectivity index (χ1) is 9.49. The normalized spacial score (nSPS) is 10.3. The molecule has 2 aromatic carbocycles. The summed E-state index contributed by atoms with van der Waals surface area (Å²) in [6, 6.07) is 9.69. The summed E-state index contributed by atoms with van der Waals surface area (Å²) in [7, 11) is 0. The van der Waals surface area contributed by atoms with Crippen molar-refractivity contribution in [2.45, 2.75) is 20.5 Å². The highest BCUT2D eigenvalue weighted by Gasteiger charge is 2.11. The zero-order valence-corrected chi connectivity index (χ0v) is 11.3. The monoisotopic (exact) mass is 274 g/mol. The first-order valence-corrected chi connectivity index (χ1v) is 6.20. The Morgan fingerprint density at radius 3 is 2.70 bits per heavy atom. The van der Waals surface area contributed by atoms with Crippen molar-refractivity contribution in [3.63, 3.8) is 0 Å². The molecule has 0 spiro atoms. The Morgan fingerprint density at radius 1 is 1.25 bits per heavy atom. The molecule has 0 heterocycles. The Hall–Kier alpha value is -2.36. The van der Waals surface area contributed by atoms with Gasteiger partial charge in [-0.3, -0.25) is 0 Å². The van der Waals surface area contributed by atoms with E-state index in [1.54, 1.807) is 0 Å². The predicted octanol–water partition coefficient (Wildman–Crippen LogP) is 3.72. The quantitative estimate of drug-likeness (QED) is 0.924. The minimum atomic E-state index is -1.28. The van der Waals surface area contributed by atoms with E-state index < -0.39 is 11.8 Å². The van der Waals surface area contributed by atoms with Crippen molar-refractivity contribution < 1.29 is 19.0 Å². The van der Waals surface area contributed by atoms with Crippen molar-refractivity contribution in [1.82, 2.24) is 0 Å². The van der Waals surface area contributed by atoms with Crippen LogP contribution in [0.1, 0.15) is 27.0 Å². The van der Waals surface area contributed by atoms with Gasteiger partial charge in [-0.05, 0) is 48.7 Å². The van der Waals surface area contributed by atoms with Gasteiger partial charge in [0.05, 0.1) is 5.56 Å². The number of aromatic carboxylic acids is 1. The van der Waals surface area contributed by atoms with Crippen molar-refractivity contribution in [2.24, 2.45) is 0 Å². The van der Waals surface area contributed by atoms with Crippen LogP contribution in [-0.2, 0) is 6.61 Å². The molecule has 3 nitrogen and oxygen atoms in total. The van der Waals surface area contributed by atoms with Crippen LogP contribution in [0.3, 0.4) is 0 Å². The van der Waals surface area contributed by atoms with Crippen molar-refractivity contribution in [2.75, 3.05) is 0 Å². The van der Waals surface area contributed by atoms with Gasteiger partial charge in [-0.2, -0.15) is 0 Å². The molecule has 0 unspecified atom stereocenters. The van der Waals surface area contributed by atoms with Gasteiger partial charge in [0, 0.05) is 0 Å². The van der Waals surface area contributed by atoms with Crippen LogP contribution in [0.4, 0.5) is 4.39 Å². The van der Waals surface area contributed by atoms with E-state index in [2.05, 4.69) is 0 Å². The van der Waals surface area contributed by atoms with Gasteiger partial charge in [-0.25, -0.2) is 9.18 Å². The van der Waals surface area contributed by atoms with E-state index in [0.717, 1.165) is 22.9 Å². The van der Waals surface area contributed by atoms with Gasteiger partial charge >= 0.3 is 5.97 Å². The predicted molar refractivity (Wildman–Crippen MR) is 73.6 cm³/mol. The van der Waals surface area contributed by atoms with E-state index >= 15 is 0 Å². The number of carboxylic acid groups (broad SMARTS) is 1. The lowest BCUT2D eigenvalue weighted by molar-refractivity contribution is 0.0691. The molecule has 1 N–H and O–H groups in total. The zero-order chi connectivity index (χ0) is 14.7. The van der Waals surface area contributed by atoms with Crippen LogP contribution in [0.15, 0.2) is 36.4 Å². The largest absolute Gasteiger partial charge is 0.489 e. The van der Waals surface area contributed by atoms with Gasteiger partial charge < -0.3 is 9.84 Å². The Kier molecular flexibility index (Phi) is 4.03. The summed E-state index contributed by atoms with van der Waals surface area (Å²) in [5.41, 5.74) is 2.43. The molecule has 0 amide bonds. The van der Waals surface area contributed by atoms with Crippen LogP contribution >= 0.6 is 0 Å². The number of hydrogen-bond acceptors (Lipinski definition) is 2. The molecule has 20 heavy (non-hydrogen) atoms. The number of aryl methyl sites for hydroxylation is 1. The van der Waals surface area contributed by atoms with Crippen LogP contribution in [0.2, 0.25) is 0 Å². The van der Waals surface area contributed by atoms with Gasteiger partial charge in [-0.1, -0.05) is 18.2 Å². The summed E-state index contributed by atoms with van der Waals surface area (Å²) >= 11 is 0. The van der Waals surface area contributed by atoms with Gasteiger partial charge in [0.25, 0.3) is 0 Å². The Bertz CT molecular complexity index is 650. The number of halogens is 1. The van der Waals surface area contributed by atoms with Crippen molar-refractivity contribution in [1.29, 1.82) is 0 Å². The lowest BCUT2D eigenvalue weighted by Crippen LogP contribution is -2.04. The summed E-state index contributed by atoms with van der Waals surface area (Å²) in [5.74, 6) is -1.28. The standard InChI is InChI=1S/C16H15FO3/c1-10-4-3-5-15(11(10)2)20-9-12-6-7-14(17)13(8-12)16(18)19/h3-8H,9H2,1-2H3,(H,18,19). The molecule has 0 saturated heterocycles. The molecule has 0 bridgehead atoms. The molecule has 0 aliphatic rings. The molecule has 104 valence electrons. The molecule has 0 aliphatic carbocycles. The maximum atomic E-state index is 13.3. The van der Waals surface area contributed by atoms with Gasteiger partial charge in [0.1, 0.15) is 18.2 Å². The molecule has 0 aliphatic heterocycles. The average Bonchev–Trinajstić information content (AvgIpc) is 2.41. The summed E-state index contributed by atoms with van der Waals surface area (Å²) in [4.78, 5) is 10.9. The molecule has 0 radical (unpaired) electrons. The van der Waals surface area contributed by atoms with E-state index in [1.807, 2.05) is 32.0 Å². The SMILES string of the molecule is Cc1cccc(OCc2ccc(F)c(C(=O)O)c2)c1C. The highest BCUT2D eigenvalue weighted by atomic mass is 19.1. The van der Waals surface area contributed by atoms with Crippen molar-refractivity contribution in [3.8, 4) is 5.75 Å². The molecule has 0 aromatic heterocycles. The maximum absolute atomic E-state index is 13.3. The Balaban J connectivity index is 2.17. The third-order valence-electron chi connectivity index (χ3n) is 3.21. The van der Waals surface area contributed by atoms with Crippen LogP contribution < -0.4 is 4.74 Å². The number of benzene rings is 2. The second kappa shape index (κ2) is 5.74. The number of carbonyl (C=O) groups is 1. The van der Waals surface area contributed by atoms with Crippen molar-refractivity contribution >= 4 is 5.97 Å². The van der Waals surface area contributed by atoms with Crippen LogP contribution in [0.25, 0.3) is 0 Å². The Labute approximate surface area is 116 Å². The lowest BCUT2D eigenvalue weighted by atomic mass is 10.1. The minimum Gasteiger partial charge on any atom is -0.489 e. The topological polar surface area (TPSA) is 46.5 Å². The van der Waals surface area contributed by atoms with Gasteiger partial charge in [0.15, 0.2) is 0 Å². The summed E-state index contributed by atoms with van der Waals surface area (Å²) in [6.07, 6.45) is 0. The second-order valence-corrected chi connectivity index (χ2v) is 4.61. The van der Waals surface area contributed by atoms with Crippen LogP contribution in [0.5, 0.6) is 5.75 Å². The fourth-order valence-corrected chi connectivity index (χ4v) is 1.87. The molecule has 0 fully saturated rings. The first kappa shape index (κ1) is 14.1. The zero-order valence-electron chi connectivity index (χ0n) is 11.3. The van der Waals surface area contributed by atoms with Crippen LogP contribution in [0, 0.1) is 19.7 Å². The summed E-state index contributed by atoms with van der Waals surface area (Å²) in [6.45, 7) is 4.14. The minimum absolute atomic E-state index is 0.199. The molecule has 2 rings (SSSR count). The number of hydrogen-bond donors (Lipinski definition) is 1. The van der Waals surface area contributed by atoms with Crippen molar-refractivity contribution in [3.05, 3.63) is 64.5 Å². The van der Waals surface area contributed by atoms with Gasteiger partial charge in [-0.15, -0.1) is 0 Å². The second-order valence-electron chi connectivity index (χ2n) is 4.61. The summed E-state index contributed by atoms with van der Waals surface area (Å²) < 4.78 is 18.9. The van der Waals surface area contributed by atoms with Gasteiger partial charge in [0.2, 0.25) is 0 Å². The molecule has 0 atom stereocenters. The molecular weight excluding hydrogens is 259 g/mol. The van der Waals surface area contributed by atoms with E-state index in [-0.39, 0.29) is 12.2 Å². The molecule has 0 saturated carbocycles. The lowest BCUT2D eigenvalue weighted by Gasteiger charge is -2.11. The Morgan fingerprint density at radius 2 is 2.00 bits per heavy atom. The maximum Gasteiger partial charge on any atom is 0.338 e. The number of ether oxygens (including phenoxy) is 1. The summed E-state index contributed by atoms with van der Waals surface area (Å²) in [5, 5.41) is 8.88. The molecular formula is C16H15FO3. The molecule has 2 aromatic rings. The number of carboxylic acids is 1. The molecule has 4 heteroatoms. The van der Waals surface area contributed by atoms with E-state index in [1.165, 1.54) is 12.1 Å². The first-order valence-electron chi connectivity index (χ1n) is 6.20. The third-order valence-corrected chi connectivity index (χ3v) is 3.21. The highest BCUT2D eigenvalue weighted by molar-refractivity contribution is 5.88. The fourth-order valence-electron chi connectivity index (χ4n) is 1.87. The highest BCUT2D eigenvalue weighted by Crippen LogP contribution is 2.22. The van der Waals surface area contributed by atoms with Crippen LogP contribution in [-0.4, -0.2) is 11.1 Å². The van der Waals surface area contributed by atoms with E-state index in [9.17, 15) is 9.18 Å². The fraction of sp³-hybridized carbons (Fsp3) is 0.188. The third kappa shape index (κ3) is 2.96. The van der Waals surface area contributed by atoms with E-state index in [0.29, 0.717) is 5.56 Å². The van der Waals surface area contributed by atoms with E-state index in [4.69, 9.17) is 9.84 Å². The smallest absolute Gasteiger partial charge is 0.338 e.